The van der Waals surface area contributed by atoms with Gasteiger partial charge in [0.25, 0.3) is 0 Å². The lowest BCUT2D eigenvalue weighted by Gasteiger charge is -2.21. The second-order valence-electron chi connectivity index (χ2n) is 4.83. The van der Waals surface area contributed by atoms with Crippen LogP contribution in [-0.4, -0.2) is 29.1 Å². The van der Waals surface area contributed by atoms with Crippen molar-refractivity contribution < 1.29 is 9.90 Å². The van der Waals surface area contributed by atoms with Crippen LogP contribution in [0.5, 0.6) is 5.75 Å². The minimum absolute atomic E-state index is 0.0398. The molecular formula is C14H20N2O2. The maximum atomic E-state index is 12.1. The predicted molar refractivity (Wildman–Crippen MR) is 71.9 cm³/mol. The summed E-state index contributed by atoms with van der Waals surface area (Å²) in [5.41, 5.74) is 1.50. The number of rotatable bonds is 1. The molecule has 4 nitrogen and oxygen atoms in total. The smallest absolute Gasteiger partial charge is 0.321 e. The number of aryl methyl sites for hydroxylation is 1. The second-order valence-corrected chi connectivity index (χ2v) is 4.83. The van der Waals surface area contributed by atoms with E-state index < -0.39 is 0 Å². The van der Waals surface area contributed by atoms with E-state index in [9.17, 15) is 9.90 Å². The molecule has 0 unspecified atom stereocenters. The fourth-order valence-corrected chi connectivity index (χ4v) is 2.21. The first-order valence-electron chi connectivity index (χ1n) is 6.52. The van der Waals surface area contributed by atoms with Crippen LogP contribution in [0.1, 0.15) is 31.2 Å². The Hall–Kier alpha value is -1.71. The molecule has 98 valence electrons. The molecule has 0 saturated carbocycles. The fourth-order valence-electron chi connectivity index (χ4n) is 2.21. The molecule has 0 aromatic heterocycles. The SMILES string of the molecule is Cc1cc(NC(=O)N2CCCCCC2)ccc1O. The number of nitrogens with zero attached hydrogens (tertiary/aromatic N) is 1. The molecule has 0 atom stereocenters. The van der Waals surface area contributed by atoms with Crippen molar-refractivity contribution in [1.29, 1.82) is 0 Å². The Kier molecular flexibility index (Phi) is 4.07. The number of nitrogens with one attached hydrogen (secondary N) is 1. The maximum Gasteiger partial charge on any atom is 0.321 e. The van der Waals surface area contributed by atoms with Gasteiger partial charge in [0.2, 0.25) is 0 Å². The maximum absolute atomic E-state index is 12.1. The van der Waals surface area contributed by atoms with Crippen LogP contribution in [0.3, 0.4) is 0 Å². The highest BCUT2D eigenvalue weighted by Crippen LogP contribution is 2.20. The third-order valence-electron chi connectivity index (χ3n) is 3.34. The molecule has 1 fully saturated rings. The topological polar surface area (TPSA) is 52.6 Å². The molecule has 0 radical (unpaired) electrons. The Morgan fingerprint density at radius 1 is 1.22 bits per heavy atom. The van der Waals surface area contributed by atoms with Gasteiger partial charge in [0, 0.05) is 18.8 Å². The van der Waals surface area contributed by atoms with E-state index in [1.54, 1.807) is 18.2 Å². The summed E-state index contributed by atoms with van der Waals surface area (Å²) in [7, 11) is 0. The number of phenols is 1. The Labute approximate surface area is 108 Å². The van der Waals surface area contributed by atoms with Gasteiger partial charge in [-0.3, -0.25) is 0 Å². The average Bonchev–Trinajstić information content (AvgIpc) is 2.62. The lowest BCUT2D eigenvalue weighted by Crippen LogP contribution is -2.35. The van der Waals surface area contributed by atoms with Gasteiger partial charge < -0.3 is 15.3 Å². The van der Waals surface area contributed by atoms with E-state index in [2.05, 4.69) is 5.32 Å². The number of hydrogen-bond acceptors (Lipinski definition) is 2. The first kappa shape index (κ1) is 12.7. The molecule has 18 heavy (non-hydrogen) atoms. The average molecular weight is 248 g/mol. The zero-order valence-electron chi connectivity index (χ0n) is 10.8. The van der Waals surface area contributed by atoms with Gasteiger partial charge in [-0.1, -0.05) is 12.8 Å². The van der Waals surface area contributed by atoms with Crippen molar-refractivity contribution in [3.8, 4) is 5.75 Å². The number of carbonyl (C=O) groups excluding carboxylic acids is 1. The molecule has 1 aliphatic rings. The van der Waals surface area contributed by atoms with Gasteiger partial charge in [0.05, 0.1) is 0 Å². The van der Waals surface area contributed by atoms with Crippen molar-refractivity contribution >= 4 is 11.7 Å². The number of benzene rings is 1. The number of hydrogen-bond donors (Lipinski definition) is 2. The summed E-state index contributed by atoms with van der Waals surface area (Å²) in [5, 5.41) is 12.3. The van der Waals surface area contributed by atoms with E-state index in [-0.39, 0.29) is 11.8 Å². The van der Waals surface area contributed by atoms with Crippen LogP contribution in [0.2, 0.25) is 0 Å². The van der Waals surface area contributed by atoms with Crippen molar-refractivity contribution in [1.82, 2.24) is 4.90 Å². The van der Waals surface area contributed by atoms with Crippen molar-refractivity contribution in [2.45, 2.75) is 32.6 Å². The van der Waals surface area contributed by atoms with E-state index >= 15 is 0 Å². The minimum Gasteiger partial charge on any atom is -0.508 e. The van der Waals surface area contributed by atoms with Gasteiger partial charge in [-0.05, 0) is 43.5 Å². The van der Waals surface area contributed by atoms with Crippen LogP contribution in [0, 0.1) is 6.92 Å². The van der Waals surface area contributed by atoms with Crippen molar-refractivity contribution in [2.75, 3.05) is 18.4 Å². The van der Waals surface area contributed by atoms with E-state index in [1.807, 2.05) is 11.8 Å². The molecule has 0 aliphatic carbocycles. The van der Waals surface area contributed by atoms with Crippen LogP contribution in [-0.2, 0) is 0 Å². The summed E-state index contributed by atoms with van der Waals surface area (Å²) >= 11 is 0. The highest BCUT2D eigenvalue weighted by molar-refractivity contribution is 5.89. The quantitative estimate of drug-likeness (QED) is 0.750. The van der Waals surface area contributed by atoms with Crippen LogP contribution in [0.15, 0.2) is 18.2 Å². The normalized spacial score (nSPS) is 16.2. The van der Waals surface area contributed by atoms with Crippen LogP contribution < -0.4 is 5.32 Å². The summed E-state index contributed by atoms with van der Waals surface area (Å²) in [6.45, 7) is 3.49. The van der Waals surface area contributed by atoms with Gasteiger partial charge >= 0.3 is 6.03 Å². The zero-order chi connectivity index (χ0) is 13.0. The molecule has 1 saturated heterocycles. The number of carbonyl (C=O) groups is 1. The monoisotopic (exact) mass is 248 g/mol. The largest absolute Gasteiger partial charge is 0.508 e. The molecule has 1 aromatic rings. The molecule has 4 heteroatoms. The first-order chi connectivity index (χ1) is 8.66. The fraction of sp³-hybridized carbons (Fsp3) is 0.500. The van der Waals surface area contributed by atoms with Gasteiger partial charge in [0.15, 0.2) is 0 Å². The molecule has 0 bridgehead atoms. The van der Waals surface area contributed by atoms with E-state index in [1.165, 1.54) is 12.8 Å². The van der Waals surface area contributed by atoms with Gasteiger partial charge in [-0.25, -0.2) is 4.79 Å². The molecule has 2 amide bonds. The third kappa shape index (κ3) is 3.15. The highest BCUT2D eigenvalue weighted by atomic mass is 16.3. The third-order valence-corrected chi connectivity index (χ3v) is 3.34. The number of aromatic hydroxyl groups is 1. The number of amides is 2. The molecule has 0 spiro atoms. The van der Waals surface area contributed by atoms with E-state index in [4.69, 9.17) is 0 Å². The molecule has 1 aromatic carbocycles. The molecule has 2 rings (SSSR count). The summed E-state index contributed by atoms with van der Waals surface area (Å²) in [6, 6.07) is 5.07. The van der Waals surface area contributed by atoms with Gasteiger partial charge in [0.1, 0.15) is 5.75 Å². The Bertz CT molecular complexity index is 424. The molecular weight excluding hydrogens is 228 g/mol. The number of phenolic OH excluding ortho intramolecular Hbond substituents is 1. The Balaban J connectivity index is 1.99. The highest BCUT2D eigenvalue weighted by Gasteiger charge is 2.15. The molecule has 1 aliphatic heterocycles. The Morgan fingerprint density at radius 2 is 1.89 bits per heavy atom. The van der Waals surface area contributed by atoms with Crippen molar-refractivity contribution in [3.05, 3.63) is 23.8 Å². The van der Waals surface area contributed by atoms with Crippen molar-refractivity contribution in [2.24, 2.45) is 0 Å². The van der Waals surface area contributed by atoms with E-state index in [0.29, 0.717) is 0 Å². The molecule has 2 N–H and O–H groups in total. The van der Waals surface area contributed by atoms with Gasteiger partial charge in [-0.15, -0.1) is 0 Å². The van der Waals surface area contributed by atoms with Gasteiger partial charge in [-0.2, -0.15) is 0 Å². The minimum atomic E-state index is -0.0398. The summed E-state index contributed by atoms with van der Waals surface area (Å²) in [6.07, 6.45) is 4.59. The van der Waals surface area contributed by atoms with Crippen LogP contribution in [0.25, 0.3) is 0 Å². The second kappa shape index (κ2) is 5.76. The van der Waals surface area contributed by atoms with E-state index in [0.717, 1.165) is 37.2 Å². The zero-order valence-corrected chi connectivity index (χ0v) is 10.8. The lowest BCUT2D eigenvalue weighted by atomic mass is 10.2. The van der Waals surface area contributed by atoms with Crippen molar-refractivity contribution in [3.63, 3.8) is 0 Å². The summed E-state index contributed by atoms with van der Waals surface area (Å²) in [4.78, 5) is 13.9. The Morgan fingerprint density at radius 3 is 2.50 bits per heavy atom. The number of anilines is 1. The molecule has 1 heterocycles. The number of urea groups is 1. The van der Waals surface area contributed by atoms with Crippen LogP contribution >= 0.6 is 0 Å². The first-order valence-corrected chi connectivity index (χ1v) is 6.52. The standard InChI is InChI=1S/C14H20N2O2/c1-11-10-12(6-7-13(11)17)15-14(18)16-8-4-2-3-5-9-16/h6-7,10,17H,2-5,8-9H2,1H3,(H,15,18). The summed E-state index contributed by atoms with van der Waals surface area (Å²) in [5.74, 6) is 0.253. The number of likely N-dealkylation sites (tertiary alicyclic amines) is 1. The predicted octanol–water partition coefficient (Wildman–Crippen LogP) is 3.11. The van der Waals surface area contributed by atoms with Crippen LogP contribution in [0.4, 0.5) is 10.5 Å². The summed E-state index contributed by atoms with van der Waals surface area (Å²) < 4.78 is 0. The lowest BCUT2D eigenvalue weighted by molar-refractivity contribution is 0.214.